The highest BCUT2D eigenvalue weighted by molar-refractivity contribution is 5.94. The number of hydrogen-bond acceptors (Lipinski definition) is 6. The number of hydrogen-bond donors (Lipinski definition) is 2. The second-order valence-corrected chi connectivity index (χ2v) is 6.13. The number of nitrogens with one attached hydrogen (secondary N) is 2. The van der Waals surface area contributed by atoms with Gasteiger partial charge in [0.2, 0.25) is 0 Å². The van der Waals surface area contributed by atoms with Crippen LogP contribution >= 0.6 is 0 Å². The molecule has 2 N–H and O–H groups in total. The van der Waals surface area contributed by atoms with Crippen molar-refractivity contribution in [1.29, 1.82) is 0 Å². The molecular formula is C17H17N5O5. The van der Waals surface area contributed by atoms with Gasteiger partial charge in [-0.15, -0.1) is 0 Å². The van der Waals surface area contributed by atoms with Gasteiger partial charge in [0.1, 0.15) is 24.6 Å². The molecule has 10 nitrogen and oxygen atoms in total. The molecular weight excluding hydrogens is 354 g/mol. The van der Waals surface area contributed by atoms with Crippen LogP contribution < -0.4 is 26.0 Å². The molecule has 140 valence electrons. The normalized spacial score (nSPS) is 13.0. The topological polar surface area (TPSA) is 120 Å². The smallest absolute Gasteiger partial charge is 0.332 e. The highest BCUT2D eigenvalue weighted by Crippen LogP contribution is 2.30. The average Bonchev–Trinajstić information content (AvgIpc) is 3.13. The lowest BCUT2D eigenvalue weighted by Gasteiger charge is -2.18. The fourth-order valence-electron chi connectivity index (χ4n) is 2.91. The number of nitrogens with zero attached hydrogens (tertiary/aromatic N) is 3. The van der Waals surface area contributed by atoms with Crippen molar-refractivity contribution in [2.24, 2.45) is 14.1 Å². The molecule has 2 aromatic heterocycles. The number of amides is 1. The Balaban J connectivity index is 1.56. The van der Waals surface area contributed by atoms with E-state index in [-0.39, 0.29) is 23.6 Å². The molecule has 0 atom stereocenters. The van der Waals surface area contributed by atoms with Crippen molar-refractivity contribution in [1.82, 2.24) is 24.4 Å². The number of benzene rings is 1. The summed E-state index contributed by atoms with van der Waals surface area (Å²) in [5.74, 6) is 1.17. The van der Waals surface area contributed by atoms with E-state index in [1.54, 1.807) is 18.2 Å². The quantitative estimate of drug-likeness (QED) is 0.650. The summed E-state index contributed by atoms with van der Waals surface area (Å²) in [5.41, 5.74) is -0.0654. The van der Waals surface area contributed by atoms with Gasteiger partial charge in [-0.1, -0.05) is 0 Å². The minimum atomic E-state index is -0.468. The predicted octanol–water partition coefficient (Wildman–Crippen LogP) is -0.339. The molecule has 1 aromatic carbocycles. The molecule has 10 heteroatoms. The van der Waals surface area contributed by atoms with Crippen molar-refractivity contribution in [3.8, 4) is 11.5 Å². The summed E-state index contributed by atoms with van der Waals surface area (Å²) in [6, 6.07) is 4.94. The van der Waals surface area contributed by atoms with Crippen LogP contribution in [0.5, 0.6) is 11.5 Å². The van der Waals surface area contributed by atoms with Crippen LogP contribution in [0, 0.1) is 0 Å². The van der Waals surface area contributed by atoms with Crippen molar-refractivity contribution in [2.45, 2.75) is 6.54 Å². The third-order valence-electron chi connectivity index (χ3n) is 4.36. The highest BCUT2D eigenvalue weighted by atomic mass is 16.6. The van der Waals surface area contributed by atoms with E-state index < -0.39 is 11.2 Å². The summed E-state index contributed by atoms with van der Waals surface area (Å²) in [5, 5.41) is 2.73. The van der Waals surface area contributed by atoms with Crippen molar-refractivity contribution in [3.05, 3.63) is 50.4 Å². The van der Waals surface area contributed by atoms with Gasteiger partial charge in [-0.2, -0.15) is 0 Å². The zero-order valence-electron chi connectivity index (χ0n) is 14.7. The first-order valence-corrected chi connectivity index (χ1v) is 8.28. The molecule has 0 spiro atoms. The van der Waals surface area contributed by atoms with Gasteiger partial charge >= 0.3 is 5.69 Å². The highest BCUT2D eigenvalue weighted by Gasteiger charge is 2.16. The Morgan fingerprint density at radius 1 is 1.19 bits per heavy atom. The lowest BCUT2D eigenvalue weighted by atomic mass is 10.2. The molecule has 0 radical (unpaired) electrons. The van der Waals surface area contributed by atoms with Gasteiger partial charge in [-0.3, -0.25) is 18.7 Å². The number of aromatic nitrogens is 4. The fourth-order valence-corrected chi connectivity index (χ4v) is 2.91. The maximum atomic E-state index is 12.4. The summed E-state index contributed by atoms with van der Waals surface area (Å²) in [7, 11) is 2.93. The van der Waals surface area contributed by atoms with Crippen LogP contribution in [0.1, 0.15) is 16.2 Å². The van der Waals surface area contributed by atoms with E-state index in [9.17, 15) is 14.4 Å². The van der Waals surface area contributed by atoms with E-state index in [1.165, 1.54) is 18.7 Å². The Morgan fingerprint density at radius 3 is 2.70 bits per heavy atom. The zero-order chi connectivity index (χ0) is 19.1. The second-order valence-electron chi connectivity index (χ2n) is 6.13. The first kappa shape index (κ1) is 16.9. The number of imidazole rings is 1. The Kier molecular flexibility index (Phi) is 3.94. The molecule has 0 saturated carbocycles. The summed E-state index contributed by atoms with van der Waals surface area (Å²) < 4.78 is 13.2. The largest absolute Gasteiger partial charge is 0.486 e. The number of ether oxygens (including phenoxy) is 2. The van der Waals surface area contributed by atoms with Crippen molar-refractivity contribution >= 4 is 17.1 Å². The van der Waals surface area contributed by atoms with Gasteiger partial charge in [-0.25, -0.2) is 9.78 Å². The molecule has 4 rings (SSSR count). The molecule has 1 aliphatic rings. The number of fused-ring (bicyclic) bond motifs is 2. The fraction of sp³-hybridized carbons (Fsp3) is 0.294. The van der Waals surface area contributed by atoms with E-state index in [1.807, 2.05) is 0 Å². The van der Waals surface area contributed by atoms with Gasteiger partial charge in [0.05, 0.1) is 6.54 Å². The molecule has 0 fully saturated rings. The average molecular weight is 371 g/mol. The molecule has 0 unspecified atom stereocenters. The first-order valence-electron chi connectivity index (χ1n) is 8.28. The van der Waals surface area contributed by atoms with Crippen molar-refractivity contribution < 1.29 is 14.3 Å². The maximum Gasteiger partial charge on any atom is 0.332 e. The third-order valence-corrected chi connectivity index (χ3v) is 4.36. The summed E-state index contributed by atoms with van der Waals surface area (Å²) in [6.07, 6.45) is 0. The molecule has 3 aromatic rings. The number of carbonyl (C=O) groups is 1. The monoisotopic (exact) mass is 371 g/mol. The predicted molar refractivity (Wildman–Crippen MR) is 95.2 cm³/mol. The third kappa shape index (κ3) is 2.84. The Bertz CT molecular complexity index is 1170. The lowest BCUT2D eigenvalue weighted by molar-refractivity contribution is 0.0948. The SMILES string of the molecule is Cn1c(=O)c2[nH]c(CNC(=O)c3ccc4c(c3)OCCO4)nc2n(C)c1=O. The van der Waals surface area contributed by atoms with Crippen LogP contribution in [0.25, 0.3) is 11.2 Å². The minimum Gasteiger partial charge on any atom is -0.486 e. The minimum absolute atomic E-state index is 0.0688. The molecule has 0 aliphatic carbocycles. The van der Waals surface area contributed by atoms with Crippen molar-refractivity contribution in [3.63, 3.8) is 0 Å². The summed E-state index contributed by atoms with van der Waals surface area (Å²) >= 11 is 0. The number of carbonyl (C=O) groups excluding carboxylic acids is 1. The van der Waals surface area contributed by atoms with Crippen LogP contribution in [-0.2, 0) is 20.6 Å². The Hall–Kier alpha value is -3.56. The van der Waals surface area contributed by atoms with E-state index >= 15 is 0 Å². The van der Waals surface area contributed by atoms with Crippen LogP contribution in [0.3, 0.4) is 0 Å². The zero-order valence-corrected chi connectivity index (χ0v) is 14.7. The molecule has 0 bridgehead atoms. The van der Waals surface area contributed by atoms with Gasteiger partial charge in [0.15, 0.2) is 17.1 Å². The first-order chi connectivity index (χ1) is 13.0. The number of aromatic amines is 1. The lowest BCUT2D eigenvalue weighted by Crippen LogP contribution is -2.36. The standard InChI is InChI=1S/C17H17N5O5/c1-21-14-13(16(24)22(2)17(21)25)19-12(20-14)8-18-15(23)9-3-4-10-11(7-9)27-6-5-26-10/h3-4,7H,5-6,8H2,1-2H3,(H,18,23)(H,19,20). The maximum absolute atomic E-state index is 12.4. The van der Waals surface area contributed by atoms with E-state index in [0.717, 1.165) is 4.57 Å². The molecule has 27 heavy (non-hydrogen) atoms. The van der Waals surface area contributed by atoms with Gasteiger partial charge in [0, 0.05) is 19.7 Å². The second kappa shape index (κ2) is 6.31. The summed E-state index contributed by atoms with van der Waals surface area (Å²) in [6.45, 7) is 0.983. The Labute approximate surface area is 152 Å². The van der Waals surface area contributed by atoms with E-state index in [4.69, 9.17) is 9.47 Å². The van der Waals surface area contributed by atoms with Crippen LogP contribution in [0.15, 0.2) is 27.8 Å². The Morgan fingerprint density at radius 2 is 1.93 bits per heavy atom. The summed E-state index contributed by atoms with van der Waals surface area (Å²) in [4.78, 5) is 43.6. The van der Waals surface area contributed by atoms with Gasteiger partial charge in [0.25, 0.3) is 11.5 Å². The number of aryl methyl sites for hydroxylation is 1. The molecule has 1 amide bonds. The van der Waals surface area contributed by atoms with Crippen LogP contribution in [-0.4, -0.2) is 38.2 Å². The number of H-pyrrole nitrogens is 1. The molecule has 3 heterocycles. The van der Waals surface area contributed by atoms with Gasteiger partial charge < -0.3 is 19.8 Å². The van der Waals surface area contributed by atoms with Crippen molar-refractivity contribution in [2.75, 3.05) is 13.2 Å². The van der Waals surface area contributed by atoms with Crippen LogP contribution in [0.4, 0.5) is 0 Å². The van der Waals surface area contributed by atoms with E-state index in [2.05, 4.69) is 15.3 Å². The van der Waals surface area contributed by atoms with Crippen LogP contribution in [0.2, 0.25) is 0 Å². The van der Waals surface area contributed by atoms with E-state index in [0.29, 0.717) is 36.1 Å². The number of rotatable bonds is 3. The molecule has 1 aliphatic heterocycles. The van der Waals surface area contributed by atoms with Gasteiger partial charge in [-0.05, 0) is 18.2 Å². The molecule has 0 saturated heterocycles.